The number of rotatable bonds is 8. The van der Waals surface area contributed by atoms with Gasteiger partial charge in [0.25, 0.3) is 0 Å². The van der Waals surface area contributed by atoms with Gasteiger partial charge in [-0.2, -0.15) is 0 Å². The molecule has 116 valence electrons. The Morgan fingerprint density at radius 1 is 1.24 bits per heavy atom. The van der Waals surface area contributed by atoms with Crippen LogP contribution in [-0.4, -0.2) is 43.9 Å². The van der Waals surface area contributed by atoms with Crippen molar-refractivity contribution in [2.75, 3.05) is 27.2 Å². The van der Waals surface area contributed by atoms with Crippen molar-refractivity contribution in [2.45, 2.75) is 18.8 Å². The molecule has 0 aliphatic carbocycles. The summed E-state index contributed by atoms with van der Waals surface area (Å²) in [4.78, 5) is 25.6. The molecule has 0 heterocycles. The van der Waals surface area contributed by atoms with Gasteiger partial charge in [0.05, 0.1) is 0 Å². The van der Waals surface area contributed by atoms with Crippen LogP contribution in [0.4, 0.5) is 4.39 Å². The van der Waals surface area contributed by atoms with Gasteiger partial charge in [-0.1, -0.05) is 12.1 Å². The van der Waals surface area contributed by atoms with Crippen LogP contribution in [0.2, 0.25) is 0 Å². The molecule has 0 aromatic heterocycles. The summed E-state index contributed by atoms with van der Waals surface area (Å²) in [5.41, 5.74) is 5.68. The van der Waals surface area contributed by atoms with Gasteiger partial charge in [-0.15, -0.1) is 0 Å². The highest BCUT2D eigenvalue weighted by Crippen LogP contribution is 2.16. The Kier molecular flexibility index (Phi) is 6.81. The minimum Gasteiger partial charge on any atom is -0.369 e. The van der Waals surface area contributed by atoms with Crippen molar-refractivity contribution in [1.29, 1.82) is 0 Å². The van der Waals surface area contributed by atoms with Gasteiger partial charge in [-0.05, 0) is 51.2 Å². The van der Waals surface area contributed by atoms with E-state index >= 15 is 0 Å². The first-order chi connectivity index (χ1) is 9.91. The van der Waals surface area contributed by atoms with Gasteiger partial charge in [0.2, 0.25) is 11.8 Å². The van der Waals surface area contributed by atoms with Crippen LogP contribution in [0, 0.1) is 5.82 Å². The molecule has 2 amide bonds. The highest BCUT2D eigenvalue weighted by atomic mass is 19.1. The van der Waals surface area contributed by atoms with E-state index in [-0.39, 0.29) is 0 Å². The van der Waals surface area contributed by atoms with Gasteiger partial charge in [-0.3, -0.25) is 9.59 Å². The molecule has 1 rings (SSSR count). The van der Waals surface area contributed by atoms with Gasteiger partial charge in [0, 0.05) is 6.54 Å². The van der Waals surface area contributed by atoms with Crippen molar-refractivity contribution in [3.63, 3.8) is 0 Å². The SMILES string of the molecule is CN(C)CCCCNC(=O)[C@H](C(N)=O)c1ccc(F)cc1. The number of primary amides is 1. The van der Waals surface area contributed by atoms with Crippen molar-refractivity contribution in [3.8, 4) is 0 Å². The predicted molar refractivity (Wildman–Crippen MR) is 79.1 cm³/mol. The zero-order valence-corrected chi connectivity index (χ0v) is 12.4. The third kappa shape index (κ3) is 5.91. The summed E-state index contributed by atoms with van der Waals surface area (Å²) in [6, 6.07) is 5.21. The average Bonchev–Trinajstić information content (AvgIpc) is 2.40. The van der Waals surface area contributed by atoms with E-state index in [1.807, 2.05) is 14.1 Å². The number of unbranched alkanes of at least 4 members (excludes halogenated alkanes) is 1. The number of benzene rings is 1. The largest absolute Gasteiger partial charge is 0.369 e. The maximum Gasteiger partial charge on any atom is 0.237 e. The normalized spacial score (nSPS) is 12.2. The first-order valence-electron chi connectivity index (χ1n) is 6.89. The third-order valence-electron chi connectivity index (χ3n) is 3.08. The predicted octanol–water partition coefficient (Wildman–Crippen LogP) is 0.853. The smallest absolute Gasteiger partial charge is 0.237 e. The van der Waals surface area contributed by atoms with E-state index in [1.165, 1.54) is 24.3 Å². The number of amides is 2. The molecule has 0 saturated carbocycles. The summed E-state index contributed by atoms with van der Waals surface area (Å²) in [5, 5.41) is 2.70. The number of nitrogens with zero attached hydrogens (tertiary/aromatic N) is 1. The molecular formula is C15H22FN3O2. The van der Waals surface area contributed by atoms with Gasteiger partial charge in [0.1, 0.15) is 11.7 Å². The number of carbonyl (C=O) groups excluding carboxylic acids is 2. The number of hydrogen-bond donors (Lipinski definition) is 2. The van der Waals surface area contributed by atoms with E-state index in [0.29, 0.717) is 12.1 Å². The van der Waals surface area contributed by atoms with E-state index in [9.17, 15) is 14.0 Å². The first-order valence-corrected chi connectivity index (χ1v) is 6.89. The number of nitrogens with two attached hydrogens (primary N) is 1. The monoisotopic (exact) mass is 295 g/mol. The van der Waals surface area contributed by atoms with Crippen molar-refractivity contribution < 1.29 is 14.0 Å². The minimum absolute atomic E-state index is 0.398. The lowest BCUT2D eigenvalue weighted by atomic mass is 9.97. The van der Waals surface area contributed by atoms with Crippen LogP contribution in [0.25, 0.3) is 0 Å². The third-order valence-corrected chi connectivity index (χ3v) is 3.08. The molecular weight excluding hydrogens is 273 g/mol. The molecule has 0 bridgehead atoms. The number of hydrogen-bond acceptors (Lipinski definition) is 3. The van der Waals surface area contributed by atoms with Crippen LogP contribution in [0.3, 0.4) is 0 Å². The second kappa shape index (κ2) is 8.36. The Balaban J connectivity index is 2.55. The fraction of sp³-hybridized carbons (Fsp3) is 0.467. The molecule has 6 heteroatoms. The van der Waals surface area contributed by atoms with Gasteiger partial charge >= 0.3 is 0 Å². The van der Waals surface area contributed by atoms with Crippen LogP contribution in [0.15, 0.2) is 24.3 Å². The standard InChI is InChI=1S/C15H22FN3O2/c1-19(2)10-4-3-9-18-15(21)13(14(17)20)11-5-7-12(16)8-6-11/h5-8,13H,3-4,9-10H2,1-2H3,(H2,17,20)(H,18,21)/t13-/m0/s1. The molecule has 21 heavy (non-hydrogen) atoms. The molecule has 0 saturated heterocycles. The van der Waals surface area contributed by atoms with Crippen molar-refractivity contribution in [3.05, 3.63) is 35.6 Å². The molecule has 0 unspecified atom stereocenters. The molecule has 1 atom stereocenters. The van der Waals surface area contributed by atoms with E-state index < -0.39 is 23.5 Å². The summed E-state index contributed by atoms with van der Waals surface area (Å²) in [6.07, 6.45) is 1.77. The average molecular weight is 295 g/mol. The van der Waals surface area contributed by atoms with Crippen LogP contribution in [0.1, 0.15) is 24.3 Å². The topological polar surface area (TPSA) is 75.4 Å². The molecule has 0 aliphatic heterocycles. The van der Waals surface area contributed by atoms with E-state index in [2.05, 4.69) is 10.2 Å². The lowest BCUT2D eigenvalue weighted by Crippen LogP contribution is -2.37. The van der Waals surface area contributed by atoms with Crippen molar-refractivity contribution >= 4 is 11.8 Å². The molecule has 0 spiro atoms. The Labute approximate surface area is 124 Å². The number of nitrogens with one attached hydrogen (secondary N) is 1. The molecule has 0 fully saturated rings. The summed E-state index contributed by atoms with van der Waals surface area (Å²) in [5.74, 6) is -2.70. The van der Waals surface area contributed by atoms with Gasteiger partial charge < -0.3 is 16.0 Å². The molecule has 1 aromatic rings. The van der Waals surface area contributed by atoms with Crippen molar-refractivity contribution in [2.24, 2.45) is 5.73 Å². The van der Waals surface area contributed by atoms with Crippen LogP contribution < -0.4 is 11.1 Å². The van der Waals surface area contributed by atoms with E-state index in [1.54, 1.807) is 0 Å². The zero-order valence-electron chi connectivity index (χ0n) is 12.4. The van der Waals surface area contributed by atoms with Crippen LogP contribution in [-0.2, 0) is 9.59 Å². The number of carbonyl (C=O) groups is 2. The minimum atomic E-state index is -1.08. The fourth-order valence-corrected chi connectivity index (χ4v) is 1.97. The summed E-state index contributed by atoms with van der Waals surface area (Å²) in [6.45, 7) is 1.42. The Morgan fingerprint density at radius 2 is 1.86 bits per heavy atom. The molecule has 0 radical (unpaired) electrons. The quantitative estimate of drug-likeness (QED) is 0.551. The lowest BCUT2D eigenvalue weighted by molar-refractivity contribution is -0.129. The molecule has 5 nitrogen and oxygen atoms in total. The van der Waals surface area contributed by atoms with Crippen LogP contribution in [0.5, 0.6) is 0 Å². The second-order valence-corrected chi connectivity index (χ2v) is 5.19. The molecule has 3 N–H and O–H groups in total. The Morgan fingerprint density at radius 3 is 2.38 bits per heavy atom. The second-order valence-electron chi connectivity index (χ2n) is 5.19. The summed E-state index contributed by atoms with van der Waals surface area (Å²) in [7, 11) is 3.96. The summed E-state index contributed by atoms with van der Waals surface area (Å²) >= 11 is 0. The van der Waals surface area contributed by atoms with E-state index in [0.717, 1.165) is 19.4 Å². The summed E-state index contributed by atoms with van der Waals surface area (Å²) < 4.78 is 12.9. The maximum absolute atomic E-state index is 12.9. The number of halogens is 1. The van der Waals surface area contributed by atoms with Gasteiger partial charge in [-0.25, -0.2) is 4.39 Å². The molecule has 0 aliphatic rings. The maximum atomic E-state index is 12.9. The Bertz CT molecular complexity index is 474. The first kappa shape index (κ1) is 17.1. The molecule has 1 aromatic carbocycles. The van der Waals surface area contributed by atoms with Gasteiger partial charge in [0.15, 0.2) is 0 Å². The Hall–Kier alpha value is -1.95. The highest BCUT2D eigenvalue weighted by Gasteiger charge is 2.25. The highest BCUT2D eigenvalue weighted by molar-refractivity contribution is 6.05. The van der Waals surface area contributed by atoms with Crippen LogP contribution >= 0.6 is 0 Å². The zero-order chi connectivity index (χ0) is 15.8. The van der Waals surface area contributed by atoms with Crippen molar-refractivity contribution in [1.82, 2.24) is 10.2 Å². The van der Waals surface area contributed by atoms with E-state index in [4.69, 9.17) is 5.73 Å². The lowest BCUT2D eigenvalue weighted by Gasteiger charge is -2.14. The fourth-order valence-electron chi connectivity index (χ4n) is 1.97.